The van der Waals surface area contributed by atoms with Gasteiger partial charge in [-0.2, -0.15) is 5.10 Å². The molecule has 1 amide bonds. The highest BCUT2D eigenvalue weighted by molar-refractivity contribution is 7.99. The molecule has 7 nitrogen and oxygen atoms in total. The molecule has 0 fully saturated rings. The summed E-state index contributed by atoms with van der Waals surface area (Å²) in [7, 11) is 0. The monoisotopic (exact) mass is 490 g/mol. The van der Waals surface area contributed by atoms with Crippen LogP contribution in [0.2, 0.25) is 5.02 Å². The summed E-state index contributed by atoms with van der Waals surface area (Å²) in [4.78, 5) is 16.5. The molecule has 0 aliphatic heterocycles. The van der Waals surface area contributed by atoms with E-state index in [2.05, 4.69) is 51.7 Å². The molecule has 1 N–H and O–H groups in total. The Kier molecular flexibility index (Phi) is 7.72. The lowest BCUT2D eigenvalue weighted by molar-refractivity contribution is -0.118. The number of nitrogens with zero attached hydrogens (tertiary/aromatic N) is 5. The SMILES string of the molecule is CC(C)c1ccc(C=NNC(=O)CSc2nnc(-c3ccncc3)n2-c2ccc(Cl)cc2)cc1. The average Bonchev–Trinajstić information content (AvgIpc) is 3.28. The van der Waals surface area contributed by atoms with E-state index >= 15 is 0 Å². The van der Waals surface area contributed by atoms with Gasteiger partial charge in [-0.15, -0.1) is 10.2 Å². The molecule has 0 radical (unpaired) electrons. The fourth-order valence-electron chi connectivity index (χ4n) is 3.18. The number of halogens is 1. The van der Waals surface area contributed by atoms with Gasteiger partial charge in [-0.05, 0) is 53.4 Å². The third kappa shape index (κ3) is 5.89. The minimum absolute atomic E-state index is 0.131. The van der Waals surface area contributed by atoms with Gasteiger partial charge in [0, 0.05) is 28.7 Å². The van der Waals surface area contributed by atoms with Crippen LogP contribution in [0.15, 0.2) is 83.3 Å². The van der Waals surface area contributed by atoms with Gasteiger partial charge in [-0.25, -0.2) is 5.43 Å². The maximum atomic E-state index is 12.4. The van der Waals surface area contributed by atoms with Crippen molar-refractivity contribution in [3.05, 3.63) is 89.2 Å². The summed E-state index contributed by atoms with van der Waals surface area (Å²) in [5.74, 6) is 1.01. The number of carbonyl (C=O) groups is 1. The zero-order chi connectivity index (χ0) is 23.9. The molecule has 2 heterocycles. The van der Waals surface area contributed by atoms with Crippen LogP contribution >= 0.6 is 23.4 Å². The Hall–Kier alpha value is -3.49. The van der Waals surface area contributed by atoms with Gasteiger partial charge in [0.25, 0.3) is 5.91 Å². The topological polar surface area (TPSA) is 85.1 Å². The van der Waals surface area contributed by atoms with Crippen LogP contribution in [0.3, 0.4) is 0 Å². The summed E-state index contributed by atoms with van der Waals surface area (Å²) >= 11 is 7.34. The molecule has 0 spiro atoms. The number of hydrazone groups is 1. The van der Waals surface area contributed by atoms with Crippen molar-refractivity contribution in [1.29, 1.82) is 0 Å². The van der Waals surface area contributed by atoms with E-state index in [1.807, 2.05) is 41.0 Å². The maximum absolute atomic E-state index is 12.4. The van der Waals surface area contributed by atoms with Gasteiger partial charge < -0.3 is 0 Å². The quantitative estimate of drug-likeness (QED) is 0.204. The lowest BCUT2D eigenvalue weighted by Gasteiger charge is -2.10. The van der Waals surface area contributed by atoms with E-state index in [0.717, 1.165) is 16.8 Å². The highest BCUT2D eigenvalue weighted by atomic mass is 35.5. The van der Waals surface area contributed by atoms with Gasteiger partial charge in [0.1, 0.15) is 0 Å². The molecule has 0 atom stereocenters. The molecular weight excluding hydrogens is 468 g/mol. The summed E-state index contributed by atoms with van der Waals surface area (Å²) < 4.78 is 1.89. The number of aromatic nitrogens is 4. The molecule has 2 aromatic carbocycles. The highest BCUT2D eigenvalue weighted by Crippen LogP contribution is 2.28. The van der Waals surface area contributed by atoms with Gasteiger partial charge >= 0.3 is 0 Å². The lowest BCUT2D eigenvalue weighted by Crippen LogP contribution is -2.20. The summed E-state index contributed by atoms with van der Waals surface area (Å²) in [5, 5.41) is 14.0. The predicted octanol–water partition coefficient (Wildman–Crippen LogP) is 5.35. The van der Waals surface area contributed by atoms with Crippen molar-refractivity contribution in [2.24, 2.45) is 5.10 Å². The van der Waals surface area contributed by atoms with Crippen LogP contribution in [0.1, 0.15) is 30.9 Å². The molecule has 4 rings (SSSR count). The number of rotatable bonds is 8. The van der Waals surface area contributed by atoms with Crippen LogP contribution in [-0.4, -0.2) is 37.6 Å². The minimum atomic E-state index is -0.240. The first-order valence-corrected chi connectivity index (χ1v) is 12.0. The average molecular weight is 491 g/mol. The second-order valence-electron chi connectivity index (χ2n) is 7.76. The lowest BCUT2D eigenvalue weighted by atomic mass is 10.0. The van der Waals surface area contributed by atoms with Crippen molar-refractivity contribution >= 4 is 35.5 Å². The highest BCUT2D eigenvalue weighted by Gasteiger charge is 2.17. The van der Waals surface area contributed by atoms with Crippen LogP contribution in [-0.2, 0) is 4.79 Å². The van der Waals surface area contributed by atoms with Crippen molar-refractivity contribution < 1.29 is 4.79 Å². The molecule has 0 aliphatic rings. The fourth-order valence-corrected chi connectivity index (χ4v) is 4.05. The Morgan fingerprint density at radius 3 is 2.44 bits per heavy atom. The zero-order valence-electron chi connectivity index (χ0n) is 18.7. The Labute approximate surface area is 207 Å². The summed E-state index contributed by atoms with van der Waals surface area (Å²) in [6.07, 6.45) is 5.03. The Bertz CT molecular complexity index is 1270. The molecule has 0 aliphatic carbocycles. The number of carbonyl (C=O) groups excluding carboxylic acids is 1. The van der Waals surface area contributed by atoms with E-state index in [4.69, 9.17) is 11.6 Å². The molecule has 0 saturated heterocycles. The third-order valence-electron chi connectivity index (χ3n) is 5.00. The van der Waals surface area contributed by atoms with Crippen LogP contribution in [0.4, 0.5) is 0 Å². The van der Waals surface area contributed by atoms with E-state index in [1.54, 1.807) is 30.7 Å². The number of benzene rings is 2. The molecule has 0 saturated carbocycles. The van der Waals surface area contributed by atoms with Crippen molar-refractivity contribution in [3.63, 3.8) is 0 Å². The second kappa shape index (κ2) is 11.1. The molecule has 0 bridgehead atoms. The van der Waals surface area contributed by atoms with Crippen molar-refractivity contribution in [2.45, 2.75) is 24.9 Å². The maximum Gasteiger partial charge on any atom is 0.250 e. The van der Waals surface area contributed by atoms with Gasteiger partial charge in [0.2, 0.25) is 0 Å². The number of amides is 1. The molecule has 4 aromatic rings. The van der Waals surface area contributed by atoms with E-state index in [0.29, 0.717) is 21.9 Å². The third-order valence-corrected chi connectivity index (χ3v) is 6.18. The van der Waals surface area contributed by atoms with E-state index in [1.165, 1.54) is 17.3 Å². The number of hydrogen-bond donors (Lipinski definition) is 1. The number of pyridine rings is 1. The van der Waals surface area contributed by atoms with Crippen LogP contribution in [0.5, 0.6) is 0 Å². The summed E-state index contributed by atoms with van der Waals surface area (Å²) in [5.41, 5.74) is 6.45. The van der Waals surface area contributed by atoms with Gasteiger partial charge in [0.05, 0.1) is 12.0 Å². The largest absolute Gasteiger partial charge is 0.272 e. The van der Waals surface area contributed by atoms with Crippen LogP contribution in [0.25, 0.3) is 17.1 Å². The molecule has 2 aromatic heterocycles. The molecule has 9 heteroatoms. The molecule has 0 unspecified atom stereocenters. The second-order valence-corrected chi connectivity index (χ2v) is 9.14. The van der Waals surface area contributed by atoms with Gasteiger partial charge in [-0.3, -0.25) is 14.3 Å². The van der Waals surface area contributed by atoms with Crippen LogP contribution < -0.4 is 5.43 Å². The number of thioether (sulfide) groups is 1. The minimum Gasteiger partial charge on any atom is -0.272 e. The molecule has 172 valence electrons. The molecule has 34 heavy (non-hydrogen) atoms. The first-order chi connectivity index (χ1) is 16.5. The van der Waals surface area contributed by atoms with Crippen LogP contribution in [0, 0.1) is 0 Å². The van der Waals surface area contributed by atoms with Gasteiger partial charge in [0.15, 0.2) is 11.0 Å². The smallest absolute Gasteiger partial charge is 0.250 e. The Morgan fingerprint density at radius 1 is 1.06 bits per heavy atom. The Morgan fingerprint density at radius 2 is 1.76 bits per heavy atom. The standard InChI is InChI=1S/C25H23ClN6OS/c1-17(2)19-5-3-18(4-6-19)15-28-29-23(33)16-34-25-31-30-24(20-11-13-27-14-12-20)32(25)22-9-7-21(26)8-10-22/h3-15,17H,16H2,1-2H3,(H,29,33). The zero-order valence-corrected chi connectivity index (χ0v) is 20.3. The van der Waals surface area contributed by atoms with Crippen molar-refractivity contribution in [3.8, 4) is 17.1 Å². The predicted molar refractivity (Wildman–Crippen MR) is 137 cm³/mol. The first-order valence-electron chi connectivity index (χ1n) is 10.7. The van der Waals surface area contributed by atoms with E-state index in [-0.39, 0.29) is 11.7 Å². The van der Waals surface area contributed by atoms with Crippen molar-refractivity contribution in [1.82, 2.24) is 25.2 Å². The number of hydrogen-bond acceptors (Lipinski definition) is 6. The summed E-state index contributed by atoms with van der Waals surface area (Å²) in [6, 6.07) is 19.2. The van der Waals surface area contributed by atoms with Gasteiger partial charge in [-0.1, -0.05) is 61.5 Å². The summed E-state index contributed by atoms with van der Waals surface area (Å²) in [6.45, 7) is 4.30. The van der Waals surface area contributed by atoms with Crippen molar-refractivity contribution in [2.75, 3.05) is 5.75 Å². The normalized spacial score (nSPS) is 11.3. The van der Waals surface area contributed by atoms with E-state index < -0.39 is 0 Å². The first kappa shape index (κ1) is 23.7. The van der Waals surface area contributed by atoms with E-state index in [9.17, 15) is 4.79 Å². The molecular formula is C25H23ClN6OS. The number of nitrogens with one attached hydrogen (secondary N) is 1. The fraction of sp³-hybridized carbons (Fsp3) is 0.160. The Balaban J connectivity index is 1.45.